The van der Waals surface area contributed by atoms with Gasteiger partial charge in [-0.25, -0.2) is 14.0 Å². The first-order valence-electron chi connectivity index (χ1n) is 8.60. The number of halogens is 1. The average Bonchev–Trinajstić information content (AvgIpc) is 2.54. The van der Waals surface area contributed by atoms with Gasteiger partial charge in [0.2, 0.25) is 0 Å². The average molecular weight is 350 g/mol. The van der Waals surface area contributed by atoms with Crippen molar-refractivity contribution in [3.8, 4) is 0 Å². The van der Waals surface area contributed by atoms with E-state index in [0.29, 0.717) is 31.2 Å². The molecule has 2 rings (SSSR count). The number of rotatable bonds is 3. The fourth-order valence-corrected chi connectivity index (χ4v) is 2.69. The van der Waals surface area contributed by atoms with Crippen LogP contribution in [-0.4, -0.2) is 42.1 Å². The van der Waals surface area contributed by atoms with Crippen molar-refractivity contribution in [1.82, 2.24) is 15.5 Å². The van der Waals surface area contributed by atoms with Crippen molar-refractivity contribution >= 4 is 17.7 Å². The Morgan fingerprint density at radius 3 is 2.32 bits per heavy atom. The number of carbonyl (C=O) groups excluding carboxylic acids is 2. The van der Waals surface area contributed by atoms with E-state index in [9.17, 15) is 14.0 Å². The van der Waals surface area contributed by atoms with Crippen LogP contribution in [0.15, 0.2) is 24.3 Å². The van der Waals surface area contributed by atoms with E-state index in [-0.39, 0.29) is 23.4 Å². The van der Waals surface area contributed by atoms with Gasteiger partial charge in [-0.1, -0.05) is 0 Å². The Hall–Kier alpha value is -2.31. The molecule has 0 spiro atoms. The summed E-state index contributed by atoms with van der Waals surface area (Å²) in [6.45, 7) is 7.81. The van der Waals surface area contributed by atoms with Crippen LogP contribution in [0.1, 0.15) is 33.6 Å². The summed E-state index contributed by atoms with van der Waals surface area (Å²) in [6.07, 6.45) is 1.71. The van der Waals surface area contributed by atoms with Crippen LogP contribution in [0.4, 0.5) is 19.7 Å². The molecule has 7 heteroatoms. The summed E-state index contributed by atoms with van der Waals surface area (Å²) in [6, 6.07) is 5.29. The van der Waals surface area contributed by atoms with Gasteiger partial charge in [-0.3, -0.25) is 0 Å². The highest BCUT2D eigenvalue weighted by atomic mass is 19.1. The third-order valence-electron chi connectivity index (χ3n) is 4.04. The molecule has 0 bridgehead atoms. The number of amides is 4. The summed E-state index contributed by atoms with van der Waals surface area (Å²) in [4.78, 5) is 25.8. The van der Waals surface area contributed by atoms with Crippen molar-refractivity contribution in [3.05, 3.63) is 30.1 Å². The fraction of sp³-hybridized carbons (Fsp3) is 0.556. The molecule has 1 aromatic rings. The molecule has 0 atom stereocenters. The van der Waals surface area contributed by atoms with Gasteiger partial charge in [0.1, 0.15) is 5.82 Å². The highest BCUT2D eigenvalue weighted by molar-refractivity contribution is 5.89. The predicted octanol–water partition coefficient (Wildman–Crippen LogP) is 3.17. The van der Waals surface area contributed by atoms with Crippen molar-refractivity contribution in [2.45, 2.75) is 39.2 Å². The van der Waals surface area contributed by atoms with E-state index in [1.165, 1.54) is 24.3 Å². The van der Waals surface area contributed by atoms with Crippen molar-refractivity contribution in [2.75, 3.05) is 25.0 Å². The van der Waals surface area contributed by atoms with Crippen LogP contribution in [0, 0.1) is 11.7 Å². The second kappa shape index (κ2) is 8.18. The lowest BCUT2D eigenvalue weighted by Crippen LogP contribution is -2.51. The van der Waals surface area contributed by atoms with Gasteiger partial charge in [-0.2, -0.15) is 0 Å². The molecule has 0 radical (unpaired) electrons. The molecule has 138 valence electrons. The number of nitrogens with one attached hydrogen (secondary N) is 3. The van der Waals surface area contributed by atoms with E-state index in [2.05, 4.69) is 16.0 Å². The van der Waals surface area contributed by atoms with Gasteiger partial charge >= 0.3 is 12.1 Å². The van der Waals surface area contributed by atoms with E-state index in [1.54, 1.807) is 0 Å². The normalized spacial score (nSPS) is 15.6. The zero-order chi connectivity index (χ0) is 18.4. The molecular weight excluding hydrogens is 323 g/mol. The molecule has 1 aliphatic rings. The molecule has 6 nitrogen and oxygen atoms in total. The van der Waals surface area contributed by atoms with Crippen LogP contribution in [0.25, 0.3) is 0 Å². The molecule has 1 aromatic carbocycles. The lowest BCUT2D eigenvalue weighted by atomic mass is 9.97. The Balaban J connectivity index is 1.69. The Kier molecular flexibility index (Phi) is 6.22. The number of carbonyl (C=O) groups is 2. The van der Waals surface area contributed by atoms with Crippen LogP contribution >= 0.6 is 0 Å². The summed E-state index contributed by atoms with van der Waals surface area (Å²) in [7, 11) is 0. The van der Waals surface area contributed by atoms with Crippen molar-refractivity contribution in [3.63, 3.8) is 0 Å². The lowest BCUT2D eigenvalue weighted by molar-refractivity contribution is 0.162. The molecule has 1 saturated heterocycles. The van der Waals surface area contributed by atoms with Crippen LogP contribution in [-0.2, 0) is 0 Å². The SMILES string of the molecule is CC(C)(C)NC(=O)N1CCC(CNC(=O)Nc2ccc(F)cc2)CC1. The van der Waals surface area contributed by atoms with Gasteiger partial charge in [0.25, 0.3) is 0 Å². The first-order chi connectivity index (χ1) is 11.7. The third-order valence-corrected chi connectivity index (χ3v) is 4.04. The van der Waals surface area contributed by atoms with Crippen molar-refractivity contribution in [1.29, 1.82) is 0 Å². The van der Waals surface area contributed by atoms with Crippen molar-refractivity contribution in [2.24, 2.45) is 5.92 Å². The fourth-order valence-electron chi connectivity index (χ4n) is 2.69. The smallest absolute Gasteiger partial charge is 0.319 e. The number of urea groups is 2. The molecule has 0 saturated carbocycles. The molecule has 0 aromatic heterocycles. The van der Waals surface area contributed by atoms with Gasteiger partial charge in [0.05, 0.1) is 0 Å². The number of likely N-dealkylation sites (tertiary alicyclic amines) is 1. The molecule has 1 heterocycles. The molecule has 0 unspecified atom stereocenters. The first kappa shape index (κ1) is 19.0. The number of benzene rings is 1. The van der Waals surface area contributed by atoms with Gasteiger partial charge in [-0.05, 0) is 63.8 Å². The summed E-state index contributed by atoms with van der Waals surface area (Å²) in [5.41, 5.74) is 0.307. The van der Waals surface area contributed by atoms with Gasteiger partial charge in [0.15, 0.2) is 0 Å². The number of hydrogen-bond donors (Lipinski definition) is 3. The van der Waals surface area contributed by atoms with Gasteiger partial charge < -0.3 is 20.9 Å². The molecular formula is C18H27FN4O2. The monoisotopic (exact) mass is 350 g/mol. The van der Waals surface area contributed by atoms with Crippen LogP contribution in [0.5, 0.6) is 0 Å². The molecule has 3 N–H and O–H groups in total. The molecule has 1 fully saturated rings. The Bertz CT molecular complexity index is 590. The van der Waals surface area contributed by atoms with E-state index < -0.39 is 0 Å². The van der Waals surface area contributed by atoms with Gasteiger partial charge in [-0.15, -0.1) is 0 Å². The number of nitrogens with zero attached hydrogens (tertiary/aromatic N) is 1. The van der Waals surface area contributed by atoms with E-state index in [4.69, 9.17) is 0 Å². The first-order valence-corrected chi connectivity index (χ1v) is 8.60. The minimum absolute atomic E-state index is 0.0343. The summed E-state index contributed by atoms with van der Waals surface area (Å²) in [5, 5.41) is 8.47. The Morgan fingerprint density at radius 1 is 1.16 bits per heavy atom. The van der Waals surface area contributed by atoms with Crippen LogP contribution < -0.4 is 16.0 Å². The summed E-state index contributed by atoms with van der Waals surface area (Å²) >= 11 is 0. The second-order valence-electron chi connectivity index (χ2n) is 7.45. The zero-order valence-electron chi connectivity index (χ0n) is 15.1. The maximum absolute atomic E-state index is 12.8. The van der Waals surface area contributed by atoms with E-state index in [1.807, 2.05) is 25.7 Å². The van der Waals surface area contributed by atoms with Crippen LogP contribution in [0.3, 0.4) is 0 Å². The third kappa shape index (κ3) is 6.60. The molecule has 4 amide bonds. The molecule has 0 aliphatic carbocycles. The van der Waals surface area contributed by atoms with E-state index >= 15 is 0 Å². The van der Waals surface area contributed by atoms with E-state index in [0.717, 1.165) is 12.8 Å². The largest absolute Gasteiger partial charge is 0.338 e. The zero-order valence-corrected chi connectivity index (χ0v) is 15.1. The second-order valence-corrected chi connectivity index (χ2v) is 7.45. The Labute approximate surface area is 148 Å². The topological polar surface area (TPSA) is 73.5 Å². The standard InChI is InChI=1S/C18H27FN4O2/c1-18(2,3)22-17(25)23-10-8-13(9-11-23)12-20-16(24)21-15-6-4-14(19)5-7-15/h4-7,13H,8-12H2,1-3H3,(H,22,25)(H2,20,21,24). The molecule has 1 aliphatic heterocycles. The van der Waals surface area contributed by atoms with Crippen LogP contribution in [0.2, 0.25) is 0 Å². The molecule has 25 heavy (non-hydrogen) atoms. The maximum Gasteiger partial charge on any atom is 0.319 e. The predicted molar refractivity (Wildman–Crippen MR) is 96.0 cm³/mol. The summed E-state index contributed by atoms with van der Waals surface area (Å²) in [5.74, 6) is 0.00544. The maximum atomic E-state index is 12.8. The van der Waals surface area contributed by atoms with Crippen molar-refractivity contribution < 1.29 is 14.0 Å². The number of hydrogen-bond acceptors (Lipinski definition) is 2. The highest BCUT2D eigenvalue weighted by Gasteiger charge is 2.25. The minimum Gasteiger partial charge on any atom is -0.338 e. The lowest BCUT2D eigenvalue weighted by Gasteiger charge is -2.34. The highest BCUT2D eigenvalue weighted by Crippen LogP contribution is 2.17. The minimum atomic E-state index is -0.340. The number of piperidine rings is 1. The summed E-state index contributed by atoms with van der Waals surface area (Å²) < 4.78 is 12.8. The quantitative estimate of drug-likeness (QED) is 0.783. The number of anilines is 1. The Morgan fingerprint density at radius 2 is 1.76 bits per heavy atom. The van der Waals surface area contributed by atoms with Gasteiger partial charge in [0, 0.05) is 30.9 Å².